The molecule has 3 nitrogen and oxygen atoms in total. The molecular formula is C16H18Cl2N2O. The number of hydrogen-bond donors (Lipinski definition) is 1. The topological polar surface area (TPSA) is 34.2 Å². The molecule has 0 aliphatic heterocycles. The van der Waals surface area contributed by atoms with Crippen molar-refractivity contribution >= 4 is 23.2 Å². The molecule has 1 aromatic heterocycles. The summed E-state index contributed by atoms with van der Waals surface area (Å²) in [4.78, 5) is 4.32. The molecule has 2 aromatic rings. The molecule has 0 saturated carbocycles. The molecule has 21 heavy (non-hydrogen) atoms. The van der Waals surface area contributed by atoms with E-state index in [1.54, 1.807) is 24.4 Å². The Morgan fingerprint density at radius 1 is 1.24 bits per heavy atom. The Morgan fingerprint density at radius 3 is 2.76 bits per heavy atom. The first-order valence-electron chi connectivity index (χ1n) is 6.93. The number of hydrogen-bond acceptors (Lipinski definition) is 3. The van der Waals surface area contributed by atoms with Crippen molar-refractivity contribution < 1.29 is 4.74 Å². The Hall–Kier alpha value is -1.29. The van der Waals surface area contributed by atoms with Gasteiger partial charge >= 0.3 is 0 Å². The third-order valence-electron chi connectivity index (χ3n) is 3.07. The average Bonchev–Trinajstić information content (AvgIpc) is 2.49. The first-order valence-corrected chi connectivity index (χ1v) is 7.68. The summed E-state index contributed by atoms with van der Waals surface area (Å²) >= 11 is 11.9. The highest BCUT2D eigenvalue weighted by Gasteiger charge is 2.13. The van der Waals surface area contributed by atoms with Crippen molar-refractivity contribution in [1.29, 1.82) is 0 Å². The van der Waals surface area contributed by atoms with Gasteiger partial charge in [-0.25, -0.2) is 4.98 Å². The number of pyridine rings is 1. The standard InChI is InChI=1S/C16H18Cl2N2O/c1-3-8-19-11(2)13-5-4-9-20-16(13)21-12-6-7-14(17)15(18)10-12/h4-7,9-11,19H,3,8H2,1-2H3. The molecule has 0 spiro atoms. The molecule has 1 heterocycles. The van der Waals surface area contributed by atoms with Crippen molar-refractivity contribution in [2.45, 2.75) is 26.3 Å². The van der Waals surface area contributed by atoms with Gasteiger partial charge in [-0.15, -0.1) is 0 Å². The molecule has 0 fully saturated rings. The van der Waals surface area contributed by atoms with Crippen LogP contribution in [0.4, 0.5) is 0 Å². The summed E-state index contributed by atoms with van der Waals surface area (Å²) in [5, 5.41) is 4.39. The summed E-state index contributed by atoms with van der Waals surface area (Å²) in [5.41, 5.74) is 1.01. The summed E-state index contributed by atoms with van der Waals surface area (Å²) in [5.74, 6) is 1.19. The normalized spacial score (nSPS) is 12.2. The smallest absolute Gasteiger partial charge is 0.223 e. The maximum Gasteiger partial charge on any atom is 0.223 e. The molecule has 5 heteroatoms. The molecule has 0 radical (unpaired) electrons. The van der Waals surface area contributed by atoms with Crippen LogP contribution >= 0.6 is 23.2 Å². The predicted octanol–water partition coefficient (Wildman–Crippen LogP) is 5.24. The number of nitrogens with zero attached hydrogens (tertiary/aromatic N) is 1. The lowest BCUT2D eigenvalue weighted by Crippen LogP contribution is -2.20. The lowest BCUT2D eigenvalue weighted by molar-refractivity contribution is 0.442. The van der Waals surface area contributed by atoms with E-state index in [-0.39, 0.29) is 6.04 Å². The molecule has 0 amide bonds. The summed E-state index contributed by atoms with van der Waals surface area (Å²) in [6.07, 6.45) is 2.79. The molecule has 0 saturated heterocycles. The monoisotopic (exact) mass is 324 g/mol. The molecule has 112 valence electrons. The highest BCUT2D eigenvalue weighted by atomic mass is 35.5. The van der Waals surface area contributed by atoms with Crippen molar-refractivity contribution in [2.24, 2.45) is 0 Å². The van der Waals surface area contributed by atoms with Crippen LogP contribution < -0.4 is 10.1 Å². The second kappa shape index (κ2) is 7.64. The number of aromatic nitrogens is 1. The van der Waals surface area contributed by atoms with Crippen molar-refractivity contribution in [3.8, 4) is 11.6 Å². The van der Waals surface area contributed by atoms with Gasteiger partial charge in [-0.3, -0.25) is 0 Å². The van der Waals surface area contributed by atoms with Gasteiger partial charge in [-0.2, -0.15) is 0 Å². The highest BCUT2D eigenvalue weighted by molar-refractivity contribution is 6.42. The SMILES string of the molecule is CCCNC(C)c1cccnc1Oc1ccc(Cl)c(Cl)c1. The summed E-state index contributed by atoms with van der Waals surface area (Å²) in [7, 11) is 0. The van der Waals surface area contributed by atoms with Gasteiger partial charge in [0.1, 0.15) is 5.75 Å². The molecule has 1 aromatic carbocycles. The Bertz CT molecular complexity index is 605. The van der Waals surface area contributed by atoms with E-state index in [2.05, 4.69) is 24.1 Å². The van der Waals surface area contributed by atoms with Crippen LogP contribution in [0, 0.1) is 0 Å². The Labute approximate surface area is 135 Å². The third-order valence-corrected chi connectivity index (χ3v) is 3.81. The van der Waals surface area contributed by atoms with Crippen molar-refractivity contribution in [1.82, 2.24) is 10.3 Å². The molecule has 0 aliphatic rings. The molecule has 1 N–H and O–H groups in total. The predicted molar refractivity (Wildman–Crippen MR) is 87.5 cm³/mol. The van der Waals surface area contributed by atoms with E-state index in [1.807, 2.05) is 12.1 Å². The molecular weight excluding hydrogens is 307 g/mol. The van der Waals surface area contributed by atoms with E-state index in [1.165, 1.54) is 0 Å². The molecule has 1 unspecified atom stereocenters. The summed E-state index contributed by atoms with van der Waals surface area (Å²) in [6, 6.07) is 9.24. The average molecular weight is 325 g/mol. The summed E-state index contributed by atoms with van der Waals surface area (Å²) in [6.45, 7) is 5.17. The minimum Gasteiger partial charge on any atom is -0.439 e. The van der Waals surface area contributed by atoms with E-state index >= 15 is 0 Å². The molecule has 0 aliphatic carbocycles. The van der Waals surface area contributed by atoms with Gasteiger partial charge in [0, 0.05) is 23.9 Å². The van der Waals surface area contributed by atoms with Crippen LogP contribution in [0.5, 0.6) is 11.6 Å². The Balaban J connectivity index is 2.21. The van der Waals surface area contributed by atoms with Crippen LogP contribution in [-0.4, -0.2) is 11.5 Å². The number of nitrogens with one attached hydrogen (secondary N) is 1. The Kier molecular flexibility index (Phi) is 5.85. The number of benzene rings is 1. The lowest BCUT2D eigenvalue weighted by Gasteiger charge is -2.17. The van der Waals surface area contributed by atoms with Gasteiger partial charge in [0.25, 0.3) is 0 Å². The van der Waals surface area contributed by atoms with E-state index in [4.69, 9.17) is 27.9 Å². The highest BCUT2D eigenvalue weighted by Crippen LogP contribution is 2.31. The fourth-order valence-electron chi connectivity index (χ4n) is 1.94. The quantitative estimate of drug-likeness (QED) is 0.788. The number of ether oxygens (including phenoxy) is 1. The third kappa shape index (κ3) is 4.34. The van der Waals surface area contributed by atoms with Gasteiger partial charge in [0.05, 0.1) is 10.0 Å². The zero-order chi connectivity index (χ0) is 15.2. The number of halogens is 2. The zero-order valence-electron chi connectivity index (χ0n) is 12.1. The summed E-state index contributed by atoms with van der Waals surface area (Å²) < 4.78 is 5.85. The van der Waals surface area contributed by atoms with Crippen LogP contribution in [0.25, 0.3) is 0 Å². The maximum absolute atomic E-state index is 6.01. The molecule has 1 atom stereocenters. The van der Waals surface area contributed by atoms with Crippen LogP contribution in [0.2, 0.25) is 10.0 Å². The minimum absolute atomic E-state index is 0.163. The van der Waals surface area contributed by atoms with Gasteiger partial charge in [-0.1, -0.05) is 36.2 Å². The molecule has 2 rings (SSSR count). The van der Waals surface area contributed by atoms with Crippen LogP contribution in [0.15, 0.2) is 36.5 Å². The second-order valence-corrected chi connectivity index (χ2v) is 5.57. The minimum atomic E-state index is 0.163. The first kappa shape index (κ1) is 16.1. The van der Waals surface area contributed by atoms with Gasteiger partial charge in [-0.05, 0) is 38.1 Å². The first-order chi connectivity index (χ1) is 10.1. The van der Waals surface area contributed by atoms with Crippen molar-refractivity contribution in [3.05, 3.63) is 52.1 Å². The van der Waals surface area contributed by atoms with Crippen LogP contribution in [0.1, 0.15) is 31.9 Å². The maximum atomic E-state index is 6.01. The van der Waals surface area contributed by atoms with E-state index < -0.39 is 0 Å². The van der Waals surface area contributed by atoms with Gasteiger partial charge < -0.3 is 10.1 Å². The van der Waals surface area contributed by atoms with Gasteiger partial charge in [0.15, 0.2) is 0 Å². The van der Waals surface area contributed by atoms with Crippen molar-refractivity contribution in [3.63, 3.8) is 0 Å². The fourth-order valence-corrected chi connectivity index (χ4v) is 2.23. The van der Waals surface area contributed by atoms with E-state index in [9.17, 15) is 0 Å². The fraction of sp³-hybridized carbons (Fsp3) is 0.312. The second-order valence-electron chi connectivity index (χ2n) is 4.75. The van der Waals surface area contributed by atoms with Crippen LogP contribution in [0.3, 0.4) is 0 Å². The Morgan fingerprint density at radius 2 is 2.05 bits per heavy atom. The molecule has 0 bridgehead atoms. The van der Waals surface area contributed by atoms with Crippen molar-refractivity contribution in [2.75, 3.05) is 6.54 Å². The van der Waals surface area contributed by atoms with Crippen LogP contribution in [-0.2, 0) is 0 Å². The van der Waals surface area contributed by atoms with E-state index in [0.29, 0.717) is 21.7 Å². The van der Waals surface area contributed by atoms with Gasteiger partial charge in [0.2, 0.25) is 5.88 Å². The number of rotatable bonds is 6. The zero-order valence-corrected chi connectivity index (χ0v) is 13.6. The largest absolute Gasteiger partial charge is 0.439 e. The van der Waals surface area contributed by atoms with E-state index in [0.717, 1.165) is 18.5 Å². The lowest BCUT2D eigenvalue weighted by atomic mass is 10.1.